The van der Waals surface area contributed by atoms with Crippen LogP contribution in [0.5, 0.6) is 0 Å². The van der Waals surface area contributed by atoms with Crippen molar-refractivity contribution in [1.29, 1.82) is 0 Å². The fraction of sp³-hybridized carbons (Fsp3) is 0. The molecule has 0 aliphatic carbocycles. The predicted octanol–water partition coefficient (Wildman–Crippen LogP) is 1.84. The average molecular weight is 218 g/mol. The Morgan fingerprint density at radius 3 is 2.81 bits per heavy atom. The van der Waals surface area contributed by atoms with Crippen molar-refractivity contribution in [3.63, 3.8) is 0 Å². The van der Waals surface area contributed by atoms with E-state index in [0.29, 0.717) is 5.39 Å². The van der Waals surface area contributed by atoms with E-state index in [0.717, 1.165) is 0 Å². The van der Waals surface area contributed by atoms with Gasteiger partial charge in [0.05, 0.1) is 10.3 Å². The molecule has 6 heteroatoms. The van der Waals surface area contributed by atoms with Crippen molar-refractivity contribution in [1.82, 2.24) is 4.98 Å². The van der Waals surface area contributed by atoms with Gasteiger partial charge in [-0.3, -0.25) is 10.1 Å². The van der Waals surface area contributed by atoms with Crippen LogP contribution >= 0.6 is 0 Å². The predicted molar refractivity (Wildman–Crippen MR) is 55.4 cm³/mol. The Hall–Kier alpha value is -2.50. The highest BCUT2D eigenvalue weighted by atomic mass is 16.6. The van der Waals surface area contributed by atoms with E-state index in [1.165, 1.54) is 24.4 Å². The first-order valence-corrected chi connectivity index (χ1v) is 4.36. The van der Waals surface area contributed by atoms with E-state index in [-0.39, 0.29) is 16.8 Å². The van der Waals surface area contributed by atoms with Crippen LogP contribution in [0.15, 0.2) is 30.5 Å². The Morgan fingerprint density at radius 2 is 2.19 bits per heavy atom. The van der Waals surface area contributed by atoms with Gasteiger partial charge in [0.2, 0.25) is 0 Å². The first-order valence-electron chi connectivity index (χ1n) is 4.36. The normalized spacial score (nSPS) is 10.2. The van der Waals surface area contributed by atoms with Crippen LogP contribution in [0.4, 0.5) is 5.69 Å². The maximum absolute atomic E-state index is 10.7. The minimum Gasteiger partial charge on any atom is -0.477 e. The zero-order chi connectivity index (χ0) is 11.7. The number of pyridine rings is 1. The lowest BCUT2D eigenvalue weighted by molar-refractivity contribution is -0.383. The molecule has 1 N–H and O–H groups in total. The minimum atomic E-state index is -1.21. The summed E-state index contributed by atoms with van der Waals surface area (Å²) in [6, 6.07) is 5.70. The molecule has 0 saturated carbocycles. The van der Waals surface area contributed by atoms with Gasteiger partial charge in [-0.2, -0.15) is 0 Å². The summed E-state index contributed by atoms with van der Waals surface area (Å²) in [6.45, 7) is 0. The summed E-state index contributed by atoms with van der Waals surface area (Å²) in [6.07, 6.45) is 1.31. The van der Waals surface area contributed by atoms with Crippen molar-refractivity contribution < 1.29 is 14.8 Å². The third kappa shape index (κ3) is 1.56. The lowest BCUT2D eigenvalue weighted by atomic mass is 10.1. The third-order valence-corrected chi connectivity index (χ3v) is 2.16. The number of nitro groups is 1. The summed E-state index contributed by atoms with van der Waals surface area (Å²) in [7, 11) is 0. The summed E-state index contributed by atoms with van der Waals surface area (Å²) in [5.74, 6) is -1.21. The minimum absolute atomic E-state index is 0.123. The molecular weight excluding hydrogens is 212 g/mol. The number of non-ortho nitro benzene ring substituents is 1. The van der Waals surface area contributed by atoms with Crippen molar-refractivity contribution in [2.24, 2.45) is 0 Å². The Bertz CT molecular complexity index is 594. The maximum Gasteiger partial charge on any atom is 0.354 e. The zero-order valence-corrected chi connectivity index (χ0v) is 7.95. The Kier molecular flexibility index (Phi) is 2.24. The molecule has 16 heavy (non-hydrogen) atoms. The fourth-order valence-corrected chi connectivity index (χ4v) is 1.43. The van der Waals surface area contributed by atoms with Crippen LogP contribution in [0.25, 0.3) is 10.8 Å². The molecular formula is C10H6N2O4. The quantitative estimate of drug-likeness (QED) is 0.613. The highest BCUT2D eigenvalue weighted by Crippen LogP contribution is 2.25. The molecule has 2 aromatic rings. The second-order valence-corrected chi connectivity index (χ2v) is 3.13. The van der Waals surface area contributed by atoms with Gasteiger partial charge in [-0.15, -0.1) is 0 Å². The van der Waals surface area contributed by atoms with Gasteiger partial charge in [0, 0.05) is 17.6 Å². The Morgan fingerprint density at radius 1 is 1.44 bits per heavy atom. The molecule has 0 bridgehead atoms. The lowest BCUT2D eigenvalue weighted by Crippen LogP contribution is -2.00. The van der Waals surface area contributed by atoms with Crippen LogP contribution < -0.4 is 0 Å². The number of carboxylic acid groups (broad SMARTS) is 1. The summed E-state index contributed by atoms with van der Waals surface area (Å²) >= 11 is 0. The second kappa shape index (κ2) is 3.58. The molecule has 0 spiro atoms. The number of nitrogens with zero attached hydrogens (tertiary/aromatic N) is 2. The number of nitro benzene ring substituents is 1. The monoisotopic (exact) mass is 218 g/mol. The van der Waals surface area contributed by atoms with Gasteiger partial charge in [-0.1, -0.05) is 12.1 Å². The number of aromatic nitrogens is 1. The SMILES string of the molecule is O=C(O)c1cc2c([N+](=O)[O-])cccc2cn1. The number of aromatic carboxylic acids is 1. The molecule has 80 valence electrons. The summed E-state index contributed by atoms with van der Waals surface area (Å²) in [5.41, 5.74) is -0.329. The van der Waals surface area contributed by atoms with E-state index in [4.69, 9.17) is 5.11 Å². The maximum atomic E-state index is 10.7. The molecule has 1 aromatic heterocycles. The van der Waals surface area contributed by atoms with E-state index in [1.807, 2.05) is 0 Å². The molecule has 0 aliphatic rings. The first-order chi connectivity index (χ1) is 7.59. The lowest BCUT2D eigenvalue weighted by Gasteiger charge is -2.00. The van der Waals surface area contributed by atoms with Crippen LogP contribution in [0, 0.1) is 10.1 Å². The molecule has 1 aromatic carbocycles. The molecule has 6 nitrogen and oxygen atoms in total. The Labute approximate surface area is 89.3 Å². The summed E-state index contributed by atoms with van der Waals surface area (Å²) in [4.78, 5) is 24.6. The third-order valence-electron chi connectivity index (χ3n) is 2.16. The highest BCUT2D eigenvalue weighted by Gasteiger charge is 2.14. The second-order valence-electron chi connectivity index (χ2n) is 3.13. The molecule has 0 saturated heterocycles. The standard InChI is InChI=1S/C10H6N2O4/c13-10(14)8-4-7-6(5-11-8)2-1-3-9(7)12(15)16/h1-5H,(H,13,14). The number of fused-ring (bicyclic) bond motifs is 1. The number of hydrogen-bond donors (Lipinski definition) is 1. The van der Waals surface area contributed by atoms with Gasteiger partial charge in [0.1, 0.15) is 5.69 Å². The van der Waals surface area contributed by atoms with Crippen LogP contribution in [0.3, 0.4) is 0 Å². The fourth-order valence-electron chi connectivity index (χ4n) is 1.43. The van der Waals surface area contributed by atoms with Crippen molar-refractivity contribution in [2.75, 3.05) is 0 Å². The molecule has 1 heterocycles. The number of hydrogen-bond acceptors (Lipinski definition) is 4. The number of carboxylic acids is 1. The molecule has 2 rings (SSSR count). The number of benzene rings is 1. The van der Waals surface area contributed by atoms with Crippen molar-refractivity contribution >= 4 is 22.4 Å². The Balaban J connectivity index is 2.78. The van der Waals surface area contributed by atoms with Gasteiger partial charge in [0.15, 0.2) is 0 Å². The molecule has 0 fully saturated rings. The van der Waals surface area contributed by atoms with Crippen molar-refractivity contribution in [3.8, 4) is 0 Å². The summed E-state index contributed by atoms with van der Waals surface area (Å²) < 4.78 is 0. The molecule has 0 radical (unpaired) electrons. The smallest absolute Gasteiger partial charge is 0.354 e. The van der Waals surface area contributed by atoms with Crippen LogP contribution in [0.1, 0.15) is 10.5 Å². The topological polar surface area (TPSA) is 93.3 Å². The van der Waals surface area contributed by atoms with Crippen molar-refractivity contribution in [3.05, 3.63) is 46.3 Å². The van der Waals surface area contributed by atoms with E-state index in [1.54, 1.807) is 6.07 Å². The van der Waals surface area contributed by atoms with Crippen molar-refractivity contribution in [2.45, 2.75) is 0 Å². The molecule has 0 aliphatic heterocycles. The van der Waals surface area contributed by atoms with Gasteiger partial charge in [0.25, 0.3) is 5.69 Å². The van der Waals surface area contributed by atoms with Crippen LogP contribution in [0.2, 0.25) is 0 Å². The van der Waals surface area contributed by atoms with E-state index < -0.39 is 10.9 Å². The molecule has 0 unspecified atom stereocenters. The number of rotatable bonds is 2. The van der Waals surface area contributed by atoms with E-state index in [2.05, 4.69) is 4.98 Å². The molecule has 0 amide bonds. The highest BCUT2D eigenvalue weighted by molar-refractivity contribution is 5.96. The zero-order valence-electron chi connectivity index (χ0n) is 7.95. The molecule has 0 atom stereocenters. The summed E-state index contributed by atoms with van der Waals surface area (Å²) in [5, 5.41) is 20.3. The average Bonchev–Trinajstić information content (AvgIpc) is 2.27. The van der Waals surface area contributed by atoms with Gasteiger partial charge in [-0.25, -0.2) is 9.78 Å². The first kappa shape index (κ1) is 10.0. The van der Waals surface area contributed by atoms with Crippen LogP contribution in [-0.2, 0) is 0 Å². The number of carbonyl (C=O) groups is 1. The van der Waals surface area contributed by atoms with Gasteiger partial charge < -0.3 is 5.11 Å². The largest absolute Gasteiger partial charge is 0.477 e. The van der Waals surface area contributed by atoms with Crippen LogP contribution in [-0.4, -0.2) is 21.0 Å². The van der Waals surface area contributed by atoms with Gasteiger partial charge >= 0.3 is 5.97 Å². The van der Waals surface area contributed by atoms with E-state index in [9.17, 15) is 14.9 Å². The van der Waals surface area contributed by atoms with Gasteiger partial charge in [-0.05, 0) is 6.07 Å². The van der Waals surface area contributed by atoms with E-state index >= 15 is 0 Å².